The fourth-order valence-electron chi connectivity index (χ4n) is 2.35. The maximum Gasteiger partial charge on any atom is 0.328 e. The lowest BCUT2D eigenvalue weighted by Crippen LogP contribution is -2.52. The number of thiophene rings is 1. The van der Waals surface area contributed by atoms with Gasteiger partial charge in [0.1, 0.15) is 0 Å². The highest BCUT2D eigenvalue weighted by Gasteiger charge is 2.34. The molecule has 1 aromatic carbocycles. The minimum Gasteiger partial charge on any atom is -0.480 e. The Labute approximate surface area is 119 Å². The van der Waals surface area contributed by atoms with Gasteiger partial charge < -0.3 is 14.7 Å². The van der Waals surface area contributed by atoms with Crippen LogP contribution in [0.5, 0.6) is 0 Å². The molecule has 2 heterocycles. The zero-order valence-electron chi connectivity index (χ0n) is 10.6. The molecule has 1 atom stereocenters. The largest absolute Gasteiger partial charge is 0.480 e. The molecular weight excluding hydrogens is 278 g/mol. The molecule has 0 spiro atoms. The standard InChI is InChI=1S/C14H13NO4S/c16-13(15-5-6-19-7-11(15)14(17)18)10-8-20-12-4-2-1-3-9(10)12/h1-4,8,11H,5-7H2,(H,17,18). The topological polar surface area (TPSA) is 66.8 Å². The quantitative estimate of drug-likeness (QED) is 0.916. The Kier molecular flexibility index (Phi) is 3.42. The van der Waals surface area contributed by atoms with Gasteiger partial charge in [0.2, 0.25) is 0 Å². The number of carboxylic acid groups (broad SMARTS) is 1. The van der Waals surface area contributed by atoms with Crippen LogP contribution in [0.1, 0.15) is 10.4 Å². The minimum absolute atomic E-state index is 0.0448. The average Bonchev–Trinajstić information content (AvgIpc) is 2.90. The molecule has 3 rings (SSSR count). The Morgan fingerprint density at radius 2 is 2.15 bits per heavy atom. The van der Waals surface area contributed by atoms with Crippen LogP contribution in [0.3, 0.4) is 0 Å². The van der Waals surface area contributed by atoms with Crippen molar-refractivity contribution in [1.82, 2.24) is 4.90 Å². The second kappa shape index (κ2) is 5.22. The first kappa shape index (κ1) is 13.1. The van der Waals surface area contributed by atoms with E-state index in [0.717, 1.165) is 10.1 Å². The number of hydrogen-bond acceptors (Lipinski definition) is 4. The number of carboxylic acids is 1. The summed E-state index contributed by atoms with van der Waals surface area (Å²) >= 11 is 1.49. The third-order valence-corrected chi connectivity index (χ3v) is 4.35. The van der Waals surface area contributed by atoms with E-state index in [1.54, 1.807) is 5.38 Å². The lowest BCUT2D eigenvalue weighted by atomic mass is 10.1. The van der Waals surface area contributed by atoms with Gasteiger partial charge in [0.25, 0.3) is 5.91 Å². The molecule has 1 N–H and O–H groups in total. The van der Waals surface area contributed by atoms with Gasteiger partial charge in [0.15, 0.2) is 6.04 Å². The van der Waals surface area contributed by atoms with Crippen molar-refractivity contribution in [2.75, 3.05) is 19.8 Å². The van der Waals surface area contributed by atoms with Crippen LogP contribution in [0, 0.1) is 0 Å². The van der Waals surface area contributed by atoms with Crippen LogP contribution in [0.25, 0.3) is 10.1 Å². The number of carbonyl (C=O) groups excluding carboxylic acids is 1. The van der Waals surface area contributed by atoms with Crippen molar-refractivity contribution in [2.24, 2.45) is 0 Å². The predicted molar refractivity (Wildman–Crippen MR) is 75.1 cm³/mol. The summed E-state index contributed by atoms with van der Waals surface area (Å²) in [6.07, 6.45) is 0. The van der Waals surface area contributed by atoms with Gasteiger partial charge in [0.05, 0.1) is 18.8 Å². The Morgan fingerprint density at radius 1 is 1.35 bits per heavy atom. The maximum absolute atomic E-state index is 12.6. The third-order valence-electron chi connectivity index (χ3n) is 3.39. The lowest BCUT2D eigenvalue weighted by molar-refractivity contribution is -0.147. The summed E-state index contributed by atoms with van der Waals surface area (Å²) in [4.78, 5) is 25.2. The van der Waals surface area contributed by atoms with Gasteiger partial charge in [-0.1, -0.05) is 18.2 Å². The second-order valence-corrected chi connectivity index (χ2v) is 5.48. The van der Waals surface area contributed by atoms with Crippen molar-refractivity contribution < 1.29 is 19.4 Å². The first-order valence-corrected chi connectivity index (χ1v) is 7.14. The van der Waals surface area contributed by atoms with Crippen molar-refractivity contribution in [3.05, 3.63) is 35.2 Å². The number of amides is 1. The molecule has 1 aliphatic rings. The van der Waals surface area contributed by atoms with Crippen LogP contribution < -0.4 is 0 Å². The molecule has 104 valence electrons. The molecule has 6 heteroatoms. The van der Waals surface area contributed by atoms with Crippen LogP contribution in [0.4, 0.5) is 0 Å². The lowest BCUT2D eigenvalue weighted by Gasteiger charge is -2.32. The summed E-state index contributed by atoms with van der Waals surface area (Å²) in [6, 6.07) is 6.72. The number of morpholine rings is 1. The number of carbonyl (C=O) groups is 2. The SMILES string of the molecule is O=C(O)C1COCCN1C(=O)c1csc2ccccc12. The molecule has 0 aliphatic carbocycles. The second-order valence-electron chi connectivity index (χ2n) is 4.57. The van der Waals surface area contributed by atoms with Gasteiger partial charge >= 0.3 is 5.97 Å². The fourth-order valence-corrected chi connectivity index (χ4v) is 3.28. The first-order valence-electron chi connectivity index (χ1n) is 6.26. The molecule has 1 fully saturated rings. The molecule has 1 aromatic heterocycles. The van der Waals surface area contributed by atoms with Gasteiger partial charge in [-0.05, 0) is 6.07 Å². The highest BCUT2D eigenvalue weighted by molar-refractivity contribution is 7.17. The van der Waals surface area contributed by atoms with Crippen molar-refractivity contribution >= 4 is 33.3 Å². The van der Waals surface area contributed by atoms with Gasteiger partial charge in [-0.2, -0.15) is 0 Å². The summed E-state index contributed by atoms with van der Waals surface area (Å²) < 4.78 is 6.18. The van der Waals surface area contributed by atoms with Gasteiger partial charge in [-0.15, -0.1) is 11.3 Å². The number of benzene rings is 1. The van der Waals surface area contributed by atoms with E-state index in [1.165, 1.54) is 16.2 Å². The number of nitrogens with zero attached hydrogens (tertiary/aromatic N) is 1. The van der Waals surface area contributed by atoms with E-state index < -0.39 is 12.0 Å². The summed E-state index contributed by atoms with van der Waals surface area (Å²) in [5.41, 5.74) is 0.568. The minimum atomic E-state index is -1.03. The van der Waals surface area contributed by atoms with Crippen LogP contribution >= 0.6 is 11.3 Å². The smallest absolute Gasteiger partial charge is 0.328 e. The molecule has 1 unspecified atom stereocenters. The van der Waals surface area contributed by atoms with E-state index in [2.05, 4.69) is 0 Å². The highest BCUT2D eigenvalue weighted by atomic mass is 32.1. The molecule has 1 saturated heterocycles. The van der Waals surface area contributed by atoms with Crippen LogP contribution in [-0.2, 0) is 9.53 Å². The first-order chi connectivity index (χ1) is 9.68. The number of aliphatic carboxylic acids is 1. The van der Waals surface area contributed by atoms with E-state index >= 15 is 0 Å². The van der Waals surface area contributed by atoms with E-state index in [4.69, 9.17) is 4.74 Å². The zero-order valence-corrected chi connectivity index (χ0v) is 11.4. The average molecular weight is 291 g/mol. The summed E-state index contributed by atoms with van der Waals surface area (Å²) in [7, 11) is 0. The molecule has 0 saturated carbocycles. The molecule has 0 bridgehead atoms. The predicted octanol–water partition coefficient (Wildman–Crippen LogP) is 1.83. The van der Waals surface area contributed by atoms with Crippen LogP contribution in [0.15, 0.2) is 29.6 Å². The van der Waals surface area contributed by atoms with E-state index in [9.17, 15) is 14.7 Å². The number of rotatable bonds is 2. The number of hydrogen-bond donors (Lipinski definition) is 1. The van der Waals surface area contributed by atoms with Crippen molar-refractivity contribution in [3.8, 4) is 0 Å². The van der Waals surface area contributed by atoms with Crippen molar-refractivity contribution in [1.29, 1.82) is 0 Å². The molecule has 1 amide bonds. The fraction of sp³-hybridized carbons (Fsp3) is 0.286. The van der Waals surface area contributed by atoms with E-state index in [1.807, 2.05) is 24.3 Å². The maximum atomic E-state index is 12.6. The molecule has 2 aromatic rings. The monoisotopic (exact) mass is 291 g/mol. The normalized spacial score (nSPS) is 19.2. The number of ether oxygens (including phenoxy) is 1. The van der Waals surface area contributed by atoms with Crippen LogP contribution in [0.2, 0.25) is 0 Å². The van der Waals surface area contributed by atoms with Gasteiger partial charge in [0, 0.05) is 22.0 Å². The Hall–Kier alpha value is -1.92. The number of fused-ring (bicyclic) bond motifs is 1. The highest BCUT2D eigenvalue weighted by Crippen LogP contribution is 2.27. The molecular formula is C14H13NO4S. The summed E-state index contributed by atoms with van der Waals surface area (Å²) in [5, 5.41) is 11.9. The Morgan fingerprint density at radius 3 is 2.95 bits per heavy atom. The van der Waals surface area contributed by atoms with E-state index in [-0.39, 0.29) is 12.5 Å². The van der Waals surface area contributed by atoms with Crippen molar-refractivity contribution in [3.63, 3.8) is 0 Å². The summed E-state index contributed by atoms with van der Waals surface area (Å²) in [5.74, 6) is -1.27. The third kappa shape index (κ3) is 2.17. The molecule has 1 aliphatic heterocycles. The molecule has 5 nitrogen and oxygen atoms in total. The van der Waals surface area contributed by atoms with Crippen molar-refractivity contribution in [2.45, 2.75) is 6.04 Å². The molecule has 0 radical (unpaired) electrons. The molecule has 20 heavy (non-hydrogen) atoms. The summed E-state index contributed by atoms with van der Waals surface area (Å²) in [6.45, 7) is 0.723. The van der Waals surface area contributed by atoms with Gasteiger partial charge in [-0.25, -0.2) is 4.79 Å². The van der Waals surface area contributed by atoms with Gasteiger partial charge in [-0.3, -0.25) is 4.79 Å². The Bertz CT molecular complexity index is 666. The van der Waals surface area contributed by atoms with Crippen LogP contribution in [-0.4, -0.2) is 47.7 Å². The Balaban J connectivity index is 1.96. The van der Waals surface area contributed by atoms with E-state index in [0.29, 0.717) is 18.7 Å². The zero-order chi connectivity index (χ0) is 14.1.